The molecule has 1 heterocycles. The number of imidazole rings is 1. The van der Waals surface area contributed by atoms with Gasteiger partial charge in [0.1, 0.15) is 5.82 Å². The van der Waals surface area contributed by atoms with Crippen LogP contribution in [-0.2, 0) is 7.05 Å². The normalized spacial score (nSPS) is 11.4. The van der Waals surface area contributed by atoms with E-state index in [0.717, 1.165) is 44.7 Å². The predicted octanol–water partition coefficient (Wildman–Crippen LogP) is 20.5. The van der Waals surface area contributed by atoms with Gasteiger partial charge in [0.15, 0.2) is 0 Å². The maximum atomic E-state index is 5.10. The van der Waals surface area contributed by atoms with Gasteiger partial charge in [-0.3, -0.25) is 0 Å². The molecule has 2 nitrogen and oxygen atoms in total. The van der Waals surface area contributed by atoms with Crippen molar-refractivity contribution in [2.24, 2.45) is 7.05 Å². The Labute approximate surface area is 455 Å². The van der Waals surface area contributed by atoms with Crippen molar-refractivity contribution in [1.82, 2.24) is 9.55 Å². The molecule has 0 amide bonds. The van der Waals surface area contributed by atoms with Crippen LogP contribution >= 0.6 is 0 Å². The van der Waals surface area contributed by atoms with Crippen LogP contribution in [0.1, 0.15) is 0 Å². The third-order valence-corrected chi connectivity index (χ3v) is 15.7. The minimum atomic E-state index is 0.965. The summed E-state index contributed by atoms with van der Waals surface area (Å²) in [4.78, 5) is 5.10. The Kier molecular flexibility index (Phi) is 11.8. The van der Waals surface area contributed by atoms with E-state index in [1.165, 1.54) is 99.4 Å². The van der Waals surface area contributed by atoms with Crippen molar-refractivity contribution < 1.29 is 0 Å². The number of benzene rings is 13. The van der Waals surface area contributed by atoms with Crippen molar-refractivity contribution in [3.05, 3.63) is 297 Å². The SMILES string of the molecule is Cn1c(-c2ccccc2)nc2cc(-c3ccc(-c4ccc5c(-c6ccccc6-c6ccc(-c7ccccc7)cc6)c6ccccc6c(-c6ccccc6-c6ccc(-c7ccc(-c8ccccc8)cc7)cc6)c5c4)cc3)ccc21. The van der Waals surface area contributed by atoms with Gasteiger partial charge in [0.2, 0.25) is 0 Å². The zero-order valence-corrected chi connectivity index (χ0v) is 43.2. The first-order chi connectivity index (χ1) is 38.6. The highest BCUT2D eigenvalue weighted by Gasteiger charge is 2.22. The van der Waals surface area contributed by atoms with Crippen LogP contribution in [0.4, 0.5) is 0 Å². The average molecular weight is 993 g/mol. The van der Waals surface area contributed by atoms with E-state index < -0.39 is 0 Å². The molecule has 0 spiro atoms. The van der Waals surface area contributed by atoms with E-state index >= 15 is 0 Å². The molecule has 78 heavy (non-hydrogen) atoms. The van der Waals surface area contributed by atoms with Gasteiger partial charge in [-0.1, -0.05) is 279 Å². The second kappa shape index (κ2) is 19.8. The summed E-state index contributed by atoms with van der Waals surface area (Å²) in [6.07, 6.45) is 0. The third kappa shape index (κ3) is 8.47. The number of hydrogen-bond acceptors (Lipinski definition) is 1. The highest BCUT2D eigenvalue weighted by Crippen LogP contribution is 2.49. The van der Waals surface area contributed by atoms with Gasteiger partial charge in [-0.25, -0.2) is 4.98 Å². The largest absolute Gasteiger partial charge is 0.327 e. The summed E-state index contributed by atoms with van der Waals surface area (Å²) in [6.45, 7) is 0. The zero-order valence-electron chi connectivity index (χ0n) is 43.2. The van der Waals surface area contributed by atoms with Gasteiger partial charge < -0.3 is 4.57 Å². The Morgan fingerprint density at radius 2 is 0.538 bits per heavy atom. The first kappa shape index (κ1) is 46.4. The first-order valence-electron chi connectivity index (χ1n) is 26.8. The van der Waals surface area contributed by atoms with E-state index in [2.05, 4.69) is 303 Å². The molecule has 14 aromatic rings. The maximum absolute atomic E-state index is 5.10. The van der Waals surface area contributed by atoms with E-state index in [0.29, 0.717) is 0 Å². The van der Waals surface area contributed by atoms with Crippen molar-refractivity contribution in [1.29, 1.82) is 0 Å². The van der Waals surface area contributed by atoms with E-state index in [9.17, 15) is 0 Å². The number of hydrogen-bond donors (Lipinski definition) is 0. The smallest absolute Gasteiger partial charge is 0.140 e. The molecule has 0 saturated carbocycles. The molecule has 0 unspecified atom stereocenters. The molecule has 1 aromatic heterocycles. The molecule has 366 valence electrons. The maximum Gasteiger partial charge on any atom is 0.140 e. The van der Waals surface area contributed by atoms with Crippen molar-refractivity contribution >= 4 is 32.6 Å². The Morgan fingerprint density at radius 1 is 0.231 bits per heavy atom. The number of aryl methyl sites for hydroxylation is 1. The molecule has 0 aliphatic heterocycles. The molecule has 2 heteroatoms. The third-order valence-electron chi connectivity index (χ3n) is 15.7. The molecule has 0 aliphatic carbocycles. The number of fused-ring (bicyclic) bond motifs is 3. The van der Waals surface area contributed by atoms with Crippen LogP contribution in [0.2, 0.25) is 0 Å². The Morgan fingerprint density at radius 3 is 1.00 bits per heavy atom. The van der Waals surface area contributed by atoms with E-state index in [4.69, 9.17) is 4.98 Å². The Bertz CT molecular complexity index is 4480. The second-order valence-electron chi connectivity index (χ2n) is 20.3. The number of nitrogens with zero attached hydrogens (tertiary/aromatic N) is 2. The van der Waals surface area contributed by atoms with Gasteiger partial charge in [-0.05, 0) is 140 Å². The lowest BCUT2D eigenvalue weighted by Gasteiger charge is -2.22. The van der Waals surface area contributed by atoms with Crippen LogP contribution in [0.25, 0.3) is 144 Å². The Balaban J connectivity index is 0.906. The highest BCUT2D eigenvalue weighted by molar-refractivity contribution is 6.24. The zero-order chi connectivity index (χ0) is 51.9. The van der Waals surface area contributed by atoms with Gasteiger partial charge in [0.25, 0.3) is 0 Å². The van der Waals surface area contributed by atoms with Gasteiger partial charge in [0.05, 0.1) is 11.0 Å². The fraction of sp³-hybridized carbons (Fsp3) is 0.0132. The summed E-state index contributed by atoms with van der Waals surface area (Å²) in [6, 6.07) is 108. The molecule has 0 saturated heterocycles. The summed E-state index contributed by atoms with van der Waals surface area (Å²) in [5, 5.41) is 4.84. The van der Waals surface area contributed by atoms with Crippen molar-refractivity contribution in [3.63, 3.8) is 0 Å². The lowest BCUT2D eigenvalue weighted by atomic mass is 9.81. The molecular formula is C76H52N2. The van der Waals surface area contributed by atoms with Crippen LogP contribution in [0.5, 0.6) is 0 Å². The van der Waals surface area contributed by atoms with Crippen LogP contribution in [0, 0.1) is 0 Å². The van der Waals surface area contributed by atoms with Crippen molar-refractivity contribution in [2.45, 2.75) is 0 Å². The minimum absolute atomic E-state index is 0.965. The topological polar surface area (TPSA) is 17.8 Å². The summed E-state index contributed by atoms with van der Waals surface area (Å²) in [7, 11) is 2.10. The summed E-state index contributed by atoms with van der Waals surface area (Å²) < 4.78 is 2.18. The molecule has 0 atom stereocenters. The quantitative estimate of drug-likeness (QED) is 0.125. The number of aromatic nitrogens is 2. The molecule has 0 radical (unpaired) electrons. The van der Waals surface area contributed by atoms with Gasteiger partial charge in [0, 0.05) is 12.6 Å². The second-order valence-corrected chi connectivity index (χ2v) is 20.3. The molecule has 13 aromatic carbocycles. The van der Waals surface area contributed by atoms with Crippen LogP contribution in [0.3, 0.4) is 0 Å². The van der Waals surface area contributed by atoms with E-state index in [1.54, 1.807) is 0 Å². The van der Waals surface area contributed by atoms with Gasteiger partial charge in [-0.15, -0.1) is 0 Å². The standard InChI is InChI=1S/C76H52N2/c1-78-73-48-46-63(50-72(73)77-76(78)61-21-9-4-10-22-61)58-35-33-57(34-36-58)62-45-47-70-71(49-62)75(67-26-14-12-24-65(67)60-43-39-56(40-44-60)55-31-29-53(30-32-55)51-17-5-2-6-18-51)69-28-16-15-27-68(69)74(70)66-25-13-11-23-64(66)59-41-37-54(38-42-59)52-19-7-3-8-20-52/h2-50H,1H3. The predicted molar refractivity (Wildman–Crippen MR) is 330 cm³/mol. The molecule has 0 aliphatic rings. The fourth-order valence-electron chi connectivity index (χ4n) is 11.7. The summed E-state index contributed by atoms with van der Waals surface area (Å²) >= 11 is 0. The lowest BCUT2D eigenvalue weighted by molar-refractivity contribution is 0.959. The lowest BCUT2D eigenvalue weighted by Crippen LogP contribution is -1.95. The summed E-state index contributed by atoms with van der Waals surface area (Å²) in [5.74, 6) is 0.965. The Hall–Kier alpha value is -10.2. The highest BCUT2D eigenvalue weighted by atomic mass is 15.1. The van der Waals surface area contributed by atoms with Crippen LogP contribution < -0.4 is 0 Å². The van der Waals surface area contributed by atoms with Crippen molar-refractivity contribution in [3.8, 4) is 112 Å². The van der Waals surface area contributed by atoms with E-state index in [-0.39, 0.29) is 0 Å². The molecule has 0 bridgehead atoms. The molecule has 14 rings (SSSR count). The molecular weight excluding hydrogens is 941 g/mol. The minimum Gasteiger partial charge on any atom is -0.327 e. The van der Waals surface area contributed by atoms with Crippen LogP contribution in [-0.4, -0.2) is 9.55 Å². The summed E-state index contributed by atoms with van der Waals surface area (Å²) in [5.41, 5.74) is 24.7. The van der Waals surface area contributed by atoms with Gasteiger partial charge >= 0.3 is 0 Å². The fourth-order valence-corrected chi connectivity index (χ4v) is 11.7. The van der Waals surface area contributed by atoms with Crippen LogP contribution in [0.15, 0.2) is 297 Å². The molecule has 0 fully saturated rings. The number of rotatable bonds is 10. The monoisotopic (exact) mass is 992 g/mol. The molecule has 0 N–H and O–H groups in total. The average Bonchev–Trinajstić information content (AvgIpc) is 3.96. The first-order valence-corrected chi connectivity index (χ1v) is 26.8. The van der Waals surface area contributed by atoms with Crippen molar-refractivity contribution in [2.75, 3.05) is 0 Å². The van der Waals surface area contributed by atoms with Gasteiger partial charge in [-0.2, -0.15) is 0 Å². The van der Waals surface area contributed by atoms with E-state index in [1.807, 2.05) is 6.07 Å².